The van der Waals surface area contributed by atoms with Crippen LogP contribution < -0.4 is 15.5 Å². The molecule has 2 aliphatic rings. The van der Waals surface area contributed by atoms with Crippen molar-refractivity contribution in [2.45, 2.75) is 24.8 Å². The summed E-state index contributed by atoms with van der Waals surface area (Å²) in [4.78, 5) is 27.1. The summed E-state index contributed by atoms with van der Waals surface area (Å²) in [6.45, 7) is 0. The van der Waals surface area contributed by atoms with Crippen molar-refractivity contribution in [2.75, 3.05) is 29.6 Å². The Kier molecular flexibility index (Phi) is 5.53. The fraction of sp³-hybridized carbons (Fsp3) is 0.222. The summed E-state index contributed by atoms with van der Waals surface area (Å²) < 4.78 is 0. The predicted octanol–water partition coefficient (Wildman–Crippen LogP) is 5.64. The largest absolute Gasteiger partial charge is 0.378 e. The molecule has 0 saturated carbocycles. The van der Waals surface area contributed by atoms with Crippen molar-refractivity contribution in [3.05, 3.63) is 105 Å². The number of hydrogen-bond acceptors (Lipinski definition) is 6. The van der Waals surface area contributed by atoms with Crippen LogP contribution in [0, 0.1) is 10.1 Å². The maximum atomic E-state index is 13.6. The van der Waals surface area contributed by atoms with Crippen molar-refractivity contribution in [1.29, 1.82) is 0 Å². The monoisotopic (exact) mass is 454 g/mol. The molecule has 1 heterocycles. The van der Waals surface area contributed by atoms with E-state index < -0.39 is 6.04 Å². The minimum atomic E-state index is -0.614. The smallest absolute Gasteiger partial charge is 0.275 e. The van der Waals surface area contributed by atoms with Gasteiger partial charge in [-0.25, -0.2) is 0 Å². The third kappa shape index (κ3) is 3.90. The minimum absolute atomic E-state index is 0.000397. The average molecular weight is 455 g/mol. The first-order valence-electron chi connectivity index (χ1n) is 11.3. The van der Waals surface area contributed by atoms with Crippen LogP contribution >= 0.6 is 0 Å². The van der Waals surface area contributed by atoms with Gasteiger partial charge >= 0.3 is 0 Å². The van der Waals surface area contributed by atoms with E-state index in [0.717, 1.165) is 28.3 Å². The molecule has 0 spiro atoms. The van der Waals surface area contributed by atoms with Crippen LogP contribution in [0.3, 0.4) is 0 Å². The molecule has 1 aliphatic heterocycles. The van der Waals surface area contributed by atoms with Crippen molar-refractivity contribution in [3.63, 3.8) is 0 Å². The molecule has 7 nitrogen and oxygen atoms in total. The van der Waals surface area contributed by atoms with Gasteiger partial charge < -0.3 is 15.5 Å². The molecule has 0 saturated heterocycles. The second kappa shape index (κ2) is 8.67. The van der Waals surface area contributed by atoms with Crippen molar-refractivity contribution < 1.29 is 9.72 Å². The van der Waals surface area contributed by atoms with Gasteiger partial charge in [0.25, 0.3) is 5.69 Å². The Labute approximate surface area is 198 Å². The number of hydrogen-bond donors (Lipinski definition) is 2. The van der Waals surface area contributed by atoms with E-state index in [9.17, 15) is 14.9 Å². The lowest BCUT2D eigenvalue weighted by Gasteiger charge is -2.30. The number of allylic oxidation sites excluding steroid dienone is 1. The molecule has 5 rings (SSSR count). The van der Waals surface area contributed by atoms with Gasteiger partial charge in [0.2, 0.25) is 0 Å². The Balaban J connectivity index is 1.60. The van der Waals surface area contributed by atoms with Gasteiger partial charge in [-0.1, -0.05) is 36.4 Å². The van der Waals surface area contributed by atoms with Crippen LogP contribution in [0.4, 0.5) is 22.7 Å². The molecule has 0 fully saturated rings. The molecule has 2 N–H and O–H groups in total. The first kappa shape index (κ1) is 21.7. The van der Waals surface area contributed by atoms with Crippen LogP contribution in [0.2, 0.25) is 0 Å². The summed E-state index contributed by atoms with van der Waals surface area (Å²) in [5, 5.41) is 18.7. The van der Waals surface area contributed by atoms with E-state index in [4.69, 9.17) is 0 Å². The zero-order chi connectivity index (χ0) is 23.8. The second-order valence-electron chi connectivity index (χ2n) is 8.97. The van der Waals surface area contributed by atoms with Gasteiger partial charge in [0, 0.05) is 43.5 Å². The summed E-state index contributed by atoms with van der Waals surface area (Å²) in [7, 11) is 4.00. The Morgan fingerprint density at radius 2 is 1.59 bits per heavy atom. The van der Waals surface area contributed by atoms with E-state index >= 15 is 0 Å². The third-order valence-corrected chi connectivity index (χ3v) is 6.63. The number of anilines is 3. The number of carbonyl (C=O) groups excluding carboxylic acids is 1. The van der Waals surface area contributed by atoms with Crippen molar-refractivity contribution >= 4 is 28.5 Å². The molecular weight excluding hydrogens is 428 g/mol. The zero-order valence-corrected chi connectivity index (χ0v) is 19.1. The van der Waals surface area contributed by atoms with Gasteiger partial charge in [0.05, 0.1) is 27.9 Å². The molecule has 1 aliphatic carbocycles. The number of para-hydroxylation sites is 3. The fourth-order valence-corrected chi connectivity index (χ4v) is 4.90. The summed E-state index contributed by atoms with van der Waals surface area (Å²) in [6, 6.07) is 22.0. The lowest BCUT2D eigenvalue weighted by molar-refractivity contribution is -0.385. The SMILES string of the molecule is CN(C)c1ccc(C2CC(=O)C3=C(C2)Nc2ccccc2NC3c2ccccc2[N+](=O)[O-])cc1. The third-order valence-electron chi connectivity index (χ3n) is 6.63. The number of rotatable bonds is 4. The normalized spacial score (nSPS) is 19.3. The number of nitrogens with zero attached hydrogens (tertiary/aromatic N) is 2. The highest BCUT2D eigenvalue weighted by Crippen LogP contribution is 2.45. The van der Waals surface area contributed by atoms with Crippen LogP contribution in [0.1, 0.15) is 35.9 Å². The van der Waals surface area contributed by atoms with Crippen molar-refractivity contribution in [2.24, 2.45) is 0 Å². The van der Waals surface area contributed by atoms with Gasteiger partial charge in [0.15, 0.2) is 5.78 Å². The Hall–Kier alpha value is -4.13. The number of benzene rings is 3. The maximum absolute atomic E-state index is 13.6. The number of Topliss-reactive ketones (excluding diaryl/α,β-unsaturated/α-hetero) is 1. The second-order valence-corrected chi connectivity index (χ2v) is 8.97. The van der Waals surface area contributed by atoms with Crippen LogP contribution in [0.15, 0.2) is 84.1 Å². The Morgan fingerprint density at radius 1 is 0.912 bits per heavy atom. The molecule has 3 aromatic carbocycles. The van der Waals surface area contributed by atoms with Gasteiger partial charge in [-0.3, -0.25) is 14.9 Å². The number of nitro groups is 1. The van der Waals surface area contributed by atoms with Crippen molar-refractivity contribution in [1.82, 2.24) is 0 Å². The summed E-state index contributed by atoms with van der Waals surface area (Å²) >= 11 is 0. The van der Waals surface area contributed by atoms with Gasteiger partial charge in [-0.05, 0) is 48.2 Å². The molecule has 0 bridgehead atoms. The molecule has 2 atom stereocenters. The van der Waals surface area contributed by atoms with Gasteiger partial charge in [-0.15, -0.1) is 0 Å². The highest BCUT2D eigenvalue weighted by Gasteiger charge is 2.38. The lowest BCUT2D eigenvalue weighted by Crippen LogP contribution is -2.27. The maximum Gasteiger partial charge on any atom is 0.275 e. The molecule has 34 heavy (non-hydrogen) atoms. The summed E-state index contributed by atoms with van der Waals surface area (Å²) in [5.74, 6) is 0.0329. The molecule has 0 aromatic heterocycles. The van der Waals surface area contributed by atoms with Crippen LogP contribution in [0.25, 0.3) is 0 Å². The first-order chi connectivity index (χ1) is 16.4. The van der Waals surface area contributed by atoms with E-state index in [1.807, 2.05) is 43.3 Å². The molecule has 0 radical (unpaired) electrons. The van der Waals surface area contributed by atoms with E-state index in [0.29, 0.717) is 24.0 Å². The molecule has 2 unspecified atom stereocenters. The number of nitrogens with one attached hydrogen (secondary N) is 2. The first-order valence-corrected chi connectivity index (χ1v) is 11.3. The number of fused-ring (bicyclic) bond motifs is 1. The lowest BCUT2D eigenvalue weighted by atomic mass is 9.78. The molecule has 0 amide bonds. The van der Waals surface area contributed by atoms with E-state index in [1.165, 1.54) is 6.07 Å². The quantitative estimate of drug-likeness (QED) is 0.392. The fourth-order valence-electron chi connectivity index (χ4n) is 4.90. The topological polar surface area (TPSA) is 87.5 Å². The zero-order valence-electron chi connectivity index (χ0n) is 19.1. The molecule has 3 aromatic rings. The van der Waals surface area contributed by atoms with E-state index in [2.05, 4.69) is 34.9 Å². The van der Waals surface area contributed by atoms with Crippen LogP contribution in [-0.2, 0) is 4.79 Å². The minimum Gasteiger partial charge on any atom is -0.378 e. The standard InChI is InChI=1S/C27H26N4O3/c1-30(2)19-13-11-17(12-14-19)18-15-23-26(25(32)16-18)27(20-7-3-6-10-24(20)31(33)34)29-22-9-5-4-8-21(22)28-23/h3-14,18,27-29H,15-16H2,1-2H3. The predicted molar refractivity (Wildman–Crippen MR) is 134 cm³/mol. The average Bonchev–Trinajstić information content (AvgIpc) is 3.01. The number of carbonyl (C=O) groups is 1. The molecule has 7 heteroatoms. The summed E-state index contributed by atoms with van der Waals surface area (Å²) in [5.41, 5.74) is 5.76. The Bertz CT molecular complexity index is 1300. The Morgan fingerprint density at radius 3 is 2.29 bits per heavy atom. The molecule has 172 valence electrons. The van der Waals surface area contributed by atoms with Crippen LogP contribution in [0.5, 0.6) is 0 Å². The number of ketones is 1. The van der Waals surface area contributed by atoms with Crippen molar-refractivity contribution in [3.8, 4) is 0 Å². The molecular formula is C27H26N4O3. The highest BCUT2D eigenvalue weighted by atomic mass is 16.6. The van der Waals surface area contributed by atoms with Crippen LogP contribution in [-0.4, -0.2) is 24.8 Å². The van der Waals surface area contributed by atoms with Gasteiger partial charge in [-0.2, -0.15) is 0 Å². The number of nitro benzene ring substituents is 1. The van der Waals surface area contributed by atoms with Gasteiger partial charge in [0.1, 0.15) is 0 Å². The highest BCUT2D eigenvalue weighted by molar-refractivity contribution is 6.01. The van der Waals surface area contributed by atoms with E-state index in [1.54, 1.807) is 18.2 Å². The summed E-state index contributed by atoms with van der Waals surface area (Å²) in [6.07, 6.45) is 1.01. The van der Waals surface area contributed by atoms with E-state index in [-0.39, 0.29) is 22.3 Å².